The first-order valence-electron chi connectivity index (χ1n) is 6.43. The van der Waals surface area contributed by atoms with Crippen LogP contribution in [0.3, 0.4) is 0 Å². The number of pyridine rings is 1. The monoisotopic (exact) mass is 232 g/mol. The van der Waals surface area contributed by atoms with Gasteiger partial charge in [-0.05, 0) is 44.2 Å². The Morgan fingerprint density at radius 1 is 1.47 bits per heavy atom. The summed E-state index contributed by atoms with van der Waals surface area (Å²) in [6.45, 7) is 5.77. The molecule has 0 bridgehead atoms. The molecule has 0 unspecified atom stereocenters. The summed E-state index contributed by atoms with van der Waals surface area (Å²) in [5.41, 5.74) is 1.48. The van der Waals surface area contributed by atoms with Crippen molar-refractivity contribution in [2.24, 2.45) is 5.92 Å². The molecule has 1 aliphatic carbocycles. The van der Waals surface area contributed by atoms with E-state index in [1.807, 2.05) is 30.0 Å². The molecule has 1 amide bonds. The summed E-state index contributed by atoms with van der Waals surface area (Å²) in [6, 6.07) is 5.63. The first kappa shape index (κ1) is 12.1. The highest BCUT2D eigenvalue weighted by molar-refractivity contribution is 5.92. The van der Waals surface area contributed by atoms with Gasteiger partial charge in [0.1, 0.15) is 5.69 Å². The number of rotatable bonds is 5. The lowest BCUT2D eigenvalue weighted by Gasteiger charge is -2.21. The number of aryl methyl sites for hydroxylation is 1. The highest BCUT2D eigenvalue weighted by Gasteiger charge is 2.27. The SMILES string of the molecule is CCCN(CC1CC1)C(=O)c1cccc(C)n1. The topological polar surface area (TPSA) is 33.2 Å². The quantitative estimate of drug-likeness (QED) is 0.782. The van der Waals surface area contributed by atoms with E-state index in [4.69, 9.17) is 0 Å². The van der Waals surface area contributed by atoms with Gasteiger partial charge in [-0.1, -0.05) is 13.0 Å². The zero-order chi connectivity index (χ0) is 12.3. The first-order chi connectivity index (χ1) is 8.20. The molecule has 2 rings (SSSR count). The average Bonchev–Trinajstić information content (AvgIpc) is 3.11. The molecule has 3 heteroatoms. The molecule has 1 aromatic heterocycles. The van der Waals surface area contributed by atoms with Gasteiger partial charge < -0.3 is 4.90 Å². The zero-order valence-corrected chi connectivity index (χ0v) is 10.6. The van der Waals surface area contributed by atoms with Crippen molar-refractivity contribution < 1.29 is 4.79 Å². The molecule has 0 radical (unpaired) electrons. The summed E-state index contributed by atoms with van der Waals surface area (Å²) in [5.74, 6) is 0.817. The Morgan fingerprint density at radius 3 is 2.82 bits per heavy atom. The van der Waals surface area contributed by atoms with Crippen molar-refractivity contribution in [3.63, 3.8) is 0 Å². The van der Waals surface area contributed by atoms with Crippen LogP contribution in [0.5, 0.6) is 0 Å². The number of hydrogen-bond acceptors (Lipinski definition) is 2. The van der Waals surface area contributed by atoms with Gasteiger partial charge in [0.2, 0.25) is 0 Å². The predicted octanol–water partition coefficient (Wildman–Crippen LogP) is 2.65. The van der Waals surface area contributed by atoms with Crippen molar-refractivity contribution in [3.8, 4) is 0 Å². The normalized spacial score (nSPS) is 14.7. The number of carbonyl (C=O) groups excluding carboxylic acids is 1. The Kier molecular flexibility index (Phi) is 3.77. The third kappa shape index (κ3) is 3.29. The van der Waals surface area contributed by atoms with E-state index in [1.165, 1.54) is 12.8 Å². The largest absolute Gasteiger partial charge is 0.337 e. The summed E-state index contributed by atoms with van der Waals surface area (Å²) >= 11 is 0. The van der Waals surface area contributed by atoms with Gasteiger partial charge in [0.25, 0.3) is 5.91 Å². The summed E-state index contributed by atoms with van der Waals surface area (Å²) in [6.07, 6.45) is 3.55. The molecule has 0 aromatic carbocycles. The van der Waals surface area contributed by atoms with Crippen LogP contribution >= 0.6 is 0 Å². The maximum Gasteiger partial charge on any atom is 0.272 e. The lowest BCUT2D eigenvalue weighted by molar-refractivity contribution is 0.0741. The van der Waals surface area contributed by atoms with Gasteiger partial charge in [0.15, 0.2) is 0 Å². The van der Waals surface area contributed by atoms with Gasteiger partial charge in [0, 0.05) is 18.8 Å². The fraction of sp³-hybridized carbons (Fsp3) is 0.571. The van der Waals surface area contributed by atoms with Crippen LogP contribution in [0.2, 0.25) is 0 Å². The maximum atomic E-state index is 12.3. The molecular formula is C14H20N2O. The van der Waals surface area contributed by atoms with Crippen LogP contribution in [0.25, 0.3) is 0 Å². The Hall–Kier alpha value is -1.38. The molecule has 0 atom stereocenters. The van der Waals surface area contributed by atoms with Crippen LogP contribution in [0.1, 0.15) is 42.4 Å². The highest BCUT2D eigenvalue weighted by atomic mass is 16.2. The average molecular weight is 232 g/mol. The molecule has 1 fully saturated rings. The fourth-order valence-corrected chi connectivity index (χ4v) is 1.98. The molecular weight excluding hydrogens is 212 g/mol. The van der Waals surface area contributed by atoms with E-state index >= 15 is 0 Å². The van der Waals surface area contributed by atoms with E-state index in [2.05, 4.69) is 11.9 Å². The van der Waals surface area contributed by atoms with Crippen LogP contribution in [-0.4, -0.2) is 28.9 Å². The Labute approximate surface area is 103 Å². The highest BCUT2D eigenvalue weighted by Crippen LogP contribution is 2.30. The van der Waals surface area contributed by atoms with Crippen LogP contribution in [0.15, 0.2) is 18.2 Å². The molecule has 1 aliphatic rings. The van der Waals surface area contributed by atoms with E-state index in [0.29, 0.717) is 5.69 Å². The van der Waals surface area contributed by atoms with E-state index in [9.17, 15) is 4.79 Å². The summed E-state index contributed by atoms with van der Waals surface area (Å²) in [4.78, 5) is 18.6. The second-order valence-electron chi connectivity index (χ2n) is 4.86. The smallest absolute Gasteiger partial charge is 0.272 e. The number of aromatic nitrogens is 1. The van der Waals surface area contributed by atoms with E-state index in [0.717, 1.165) is 31.1 Å². The van der Waals surface area contributed by atoms with E-state index < -0.39 is 0 Å². The lowest BCUT2D eigenvalue weighted by atomic mass is 10.2. The lowest BCUT2D eigenvalue weighted by Crippen LogP contribution is -2.34. The minimum Gasteiger partial charge on any atom is -0.337 e. The predicted molar refractivity (Wildman–Crippen MR) is 67.9 cm³/mol. The summed E-state index contributed by atoms with van der Waals surface area (Å²) in [7, 11) is 0. The second kappa shape index (κ2) is 5.30. The summed E-state index contributed by atoms with van der Waals surface area (Å²) in [5, 5.41) is 0. The van der Waals surface area contributed by atoms with Gasteiger partial charge in [-0.2, -0.15) is 0 Å². The third-order valence-electron chi connectivity index (χ3n) is 3.06. The standard InChI is InChI=1S/C14H20N2O/c1-3-9-16(10-12-7-8-12)14(17)13-6-4-5-11(2)15-13/h4-6,12H,3,7-10H2,1-2H3. The number of amides is 1. The summed E-state index contributed by atoms with van der Waals surface area (Å²) < 4.78 is 0. The van der Waals surface area contributed by atoms with Gasteiger partial charge in [-0.3, -0.25) is 4.79 Å². The van der Waals surface area contributed by atoms with Crippen LogP contribution in [0.4, 0.5) is 0 Å². The molecule has 1 heterocycles. The number of nitrogens with zero attached hydrogens (tertiary/aromatic N) is 2. The van der Waals surface area contributed by atoms with Crippen LogP contribution in [0, 0.1) is 12.8 Å². The molecule has 1 aromatic rings. The number of hydrogen-bond donors (Lipinski definition) is 0. The van der Waals surface area contributed by atoms with Gasteiger partial charge in [-0.15, -0.1) is 0 Å². The Bertz CT molecular complexity index is 399. The number of carbonyl (C=O) groups is 1. The van der Waals surface area contributed by atoms with E-state index in [1.54, 1.807) is 0 Å². The molecule has 3 nitrogen and oxygen atoms in total. The zero-order valence-electron chi connectivity index (χ0n) is 10.6. The van der Waals surface area contributed by atoms with Crippen molar-refractivity contribution in [2.75, 3.05) is 13.1 Å². The minimum absolute atomic E-state index is 0.0856. The van der Waals surface area contributed by atoms with Crippen LogP contribution in [-0.2, 0) is 0 Å². The van der Waals surface area contributed by atoms with Gasteiger partial charge >= 0.3 is 0 Å². The van der Waals surface area contributed by atoms with Gasteiger partial charge in [-0.25, -0.2) is 4.98 Å². The third-order valence-corrected chi connectivity index (χ3v) is 3.06. The fourth-order valence-electron chi connectivity index (χ4n) is 1.98. The van der Waals surface area contributed by atoms with Gasteiger partial charge in [0.05, 0.1) is 0 Å². The second-order valence-corrected chi connectivity index (χ2v) is 4.86. The Morgan fingerprint density at radius 2 is 2.24 bits per heavy atom. The first-order valence-corrected chi connectivity index (χ1v) is 6.43. The maximum absolute atomic E-state index is 12.3. The van der Waals surface area contributed by atoms with Crippen molar-refractivity contribution in [1.82, 2.24) is 9.88 Å². The molecule has 0 saturated heterocycles. The van der Waals surface area contributed by atoms with Crippen LogP contribution < -0.4 is 0 Å². The van der Waals surface area contributed by atoms with Crippen molar-refractivity contribution >= 4 is 5.91 Å². The molecule has 0 N–H and O–H groups in total. The van der Waals surface area contributed by atoms with Crippen molar-refractivity contribution in [3.05, 3.63) is 29.6 Å². The molecule has 92 valence electrons. The van der Waals surface area contributed by atoms with Crippen molar-refractivity contribution in [1.29, 1.82) is 0 Å². The molecule has 0 spiro atoms. The van der Waals surface area contributed by atoms with Crippen molar-refractivity contribution in [2.45, 2.75) is 33.1 Å². The minimum atomic E-state index is 0.0856. The molecule has 1 saturated carbocycles. The molecule has 0 aliphatic heterocycles. The Balaban J connectivity index is 2.08. The molecule has 17 heavy (non-hydrogen) atoms. The van der Waals surface area contributed by atoms with E-state index in [-0.39, 0.29) is 5.91 Å².